The first kappa shape index (κ1) is 24.1. The van der Waals surface area contributed by atoms with E-state index < -0.39 is 6.04 Å². The van der Waals surface area contributed by atoms with Gasteiger partial charge in [-0.15, -0.1) is 0 Å². The number of ether oxygens (including phenoxy) is 2. The molecular formula is C21H30IN5O3. The van der Waals surface area contributed by atoms with Crippen molar-refractivity contribution in [3.05, 3.63) is 27.5 Å². The van der Waals surface area contributed by atoms with Crippen molar-refractivity contribution in [1.29, 1.82) is 0 Å². The smallest absolute Gasteiger partial charge is 0.243 e. The Morgan fingerprint density at radius 3 is 2.33 bits per heavy atom. The van der Waals surface area contributed by atoms with Crippen LogP contribution in [-0.2, 0) is 4.79 Å². The number of nitrogens with zero attached hydrogens (tertiary/aromatic N) is 2. The minimum Gasteiger partial charge on any atom is -0.496 e. The van der Waals surface area contributed by atoms with Crippen LogP contribution in [0, 0.1) is 15.4 Å². The molecule has 8 nitrogen and oxygen atoms in total. The van der Waals surface area contributed by atoms with E-state index in [-0.39, 0.29) is 35.4 Å². The van der Waals surface area contributed by atoms with Crippen molar-refractivity contribution in [2.45, 2.75) is 46.6 Å². The van der Waals surface area contributed by atoms with Crippen LogP contribution < -0.4 is 26.3 Å². The molecule has 0 aliphatic carbocycles. The Balaban J connectivity index is 2.23. The van der Waals surface area contributed by atoms with Gasteiger partial charge in [0.15, 0.2) is 11.6 Å². The summed E-state index contributed by atoms with van der Waals surface area (Å²) in [6, 6.07) is 3.17. The van der Waals surface area contributed by atoms with E-state index >= 15 is 0 Å². The number of methoxy groups -OCH3 is 1. The molecule has 164 valence electrons. The third-order valence-electron chi connectivity index (χ3n) is 5.06. The van der Waals surface area contributed by atoms with E-state index in [1.807, 2.05) is 32.9 Å². The van der Waals surface area contributed by atoms with Gasteiger partial charge in [0.1, 0.15) is 11.5 Å². The standard InChI is InChI=1S/C21H30IN5O3/c1-10(2)12(5)18(23)20(28)27-21-25-9-17(19(24)26-21)30-15-8-14(22)16(29-6)7-13(15)11(3)4/h7-12,18H,23H2,1-6H3,(H3,24,25,26,27,28). The predicted octanol–water partition coefficient (Wildman–Crippen LogP) is 4.15. The maximum Gasteiger partial charge on any atom is 0.243 e. The zero-order valence-corrected chi connectivity index (χ0v) is 20.4. The lowest BCUT2D eigenvalue weighted by Gasteiger charge is -2.22. The SMILES string of the molecule is COc1cc(C(C)C)c(Oc2cnc(NC(=O)C(N)C(C)C(C)C)nc2N)cc1I. The second-order valence-electron chi connectivity index (χ2n) is 7.84. The number of nitrogens with two attached hydrogens (primary N) is 2. The number of anilines is 2. The first-order valence-corrected chi connectivity index (χ1v) is 10.9. The first-order chi connectivity index (χ1) is 14.0. The second kappa shape index (κ2) is 10.3. The van der Waals surface area contributed by atoms with Gasteiger partial charge >= 0.3 is 0 Å². The highest BCUT2D eigenvalue weighted by Gasteiger charge is 2.24. The molecule has 2 rings (SSSR count). The zero-order valence-electron chi connectivity index (χ0n) is 18.2. The summed E-state index contributed by atoms with van der Waals surface area (Å²) < 4.78 is 12.3. The van der Waals surface area contributed by atoms with E-state index in [1.165, 1.54) is 6.20 Å². The van der Waals surface area contributed by atoms with Crippen molar-refractivity contribution >= 4 is 40.3 Å². The number of aromatic nitrogens is 2. The number of hydrogen-bond acceptors (Lipinski definition) is 7. The largest absolute Gasteiger partial charge is 0.496 e. The van der Waals surface area contributed by atoms with E-state index in [1.54, 1.807) is 7.11 Å². The molecule has 0 saturated heterocycles. The van der Waals surface area contributed by atoms with Crippen molar-refractivity contribution < 1.29 is 14.3 Å². The van der Waals surface area contributed by atoms with Crippen molar-refractivity contribution in [1.82, 2.24) is 9.97 Å². The Morgan fingerprint density at radius 2 is 1.80 bits per heavy atom. The molecular weight excluding hydrogens is 497 g/mol. The van der Waals surface area contributed by atoms with Gasteiger partial charge in [-0.25, -0.2) is 4.98 Å². The second-order valence-corrected chi connectivity index (χ2v) is 9.00. The van der Waals surface area contributed by atoms with Crippen LogP contribution in [0.15, 0.2) is 18.3 Å². The van der Waals surface area contributed by atoms with Gasteiger partial charge < -0.3 is 20.9 Å². The van der Waals surface area contributed by atoms with Crippen LogP contribution in [0.3, 0.4) is 0 Å². The summed E-state index contributed by atoms with van der Waals surface area (Å²) in [5.74, 6) is 2.07. The molecule has 1 aromatic heterocycles. The number of halogens is 1. The number of hydrogen-bond donors (Lipinski definition) is 3. The fourth-order valence-corrected chi connectivity index (χ4v) is 3.39. The van der Waals surface area contributed by atoms with Gasteiger partial charge in [0.25, 0.3) is 0 Å². The molecule has 1 amide bonds. The van der Waals surface area contributed by atoms with E-state index in [9.17, 15) is 4.79 Å². The van der Waals surface area contributed by atoms with Gasteiger partial charge in [0, 0.05) is 5.56 Å². The van der Waals surface area contributed by atoms with E-state index in [4.69, 9.17) is 20.9 Å². The van der Waals surface area contributed by atoms with Gasteiger partial charge in [0.05, 0.1) is 22.9 Å². The van der Waals surface area contributed by atoms with Crippen molar-refractivity contribution in [3.8, 4) is 17.2 Å². The molecule has 2 aromatic rings. The van der Waals surface area contributed by atoms with Crippen LogP contribution in [0.1, 0.15) is 46.1 Å². The molecule has 0 saturated carbocycles. The zero-order chi connectivity index (χ0) is 22.6. The molecule has 0 fully saturated rings. The minimum atomic E-state index is -0.666. The lowest BCUT2D eigenvalue weighted by molar-refractivity contribution is -0.118. The molecule has 0 radical (unpaired) electrons. The fraction of sp³-hybridized carbons (Fsp3) is 0.476. The summed E-state index contributed by atoms with van der Waals surface area (Å²) in [6.45, 7) is 10.1. The summed E-state index contributed by atoms with van der Waals surface area (Å²) in [7, 11) is 1.63. The van der Waals surface area contributed by atoms with Gasteiger partial charge in [-0.1, -0.05) is 34.6 Å². The van der Waals surface area contributed by atoms with Crippen LogP contribution in [-0.4, -0.2) is 29.0 Å². The number of carbonyl (C=O) groups excluding carboxylic acids is 1. The number of carbonyl (C=O) groups is 1. The molecule has 0 bridgehead atoms. The average Bonchev–Trinajstić information content (AvgIpc) is 2.68. The monoisotopic (exact) mass is 527 g/mol. The molecule has 2 unspecified atom stereocenters. The Bertz CT molecular complexity index is 904. The van der Waals surface area contributed by atoms with Gasteiger partial charge in [-0.3, -0.25) is 10.1 Å². The third-order valence-corrected chi connectivity index (χ3v) is 5.91. The Labute approximate surface area is 191 Å². The maximum atomic E-state index is 12.4. The normalized spacial score (nSPS) is 13.3. The molecule has 0 aliphatic heterocycles. The summed E-state index contributed by atoms with van der Waals surface area (Å²) >= 11 is 2.18. The minimum absolute atomic E-state index is 0.0111. The maximum absolute atomic E-state index is 12.4. The van der Waals surface area contributed by atoms with Crippen molar-refractivity contribution in [2.24, 2.45) is 17.6 Å². The molecule has 9 heteroatoms. The molecule has 5 N–H and O–H groups in total. The highest BCUT2D eigenvalue weighted by atomic mass is 127. The van der Waals surface area contributed by atoms with Crippen molar-refractivity contribution in [2.75, 3.05) is 18.2 Å². The van der Waals surface area contributed by atoms with E-state index in [0.29, 0.717) is 11.5 Å². The Hall–Kier alpha value is -2.14. The summed E-state index contributed by atoms with van der Waals surface area (Å²) in [6.07, 6.45) is 1.44. The predicted molar refractivity (Wildman–Crippen MR) is 127 cm³/mol. The number of rotatable bonds is 8. The van der Waals surface area contributed by atoms with Crippen LogP contribution >= 0.6 is 22.6 Å². The molecule has 0 spiro atoms. The topological polar surface area (TPSA) is 125 Å². The highest BCUT2D eigenvalue weighted by Crippen LogP contribution is 2.37. The average molecular weight is 527 g/mol. The van der Waals surface area contributed by atoms with Crippen LogP contribution in [0.4, 0.5) is 11.8 Å². The number of nitrogens with one attached hydrogen (secondary N) is 1. The fourth-order valence-electron chi connectivity index (χ4n) is 2.74. The van der Waals surface area contributed by atoms with Gasteiger partial charge in [-0.05, 0) is 52.5 Å². The molecule has 0 aliphatic rings. The third kappa shape index (κ3) is 5.72. The molecule has 2 atom stereocenters. The molecule has 1 aromatic carbocycles. The Morgan fingerprint density at radius 1 is 1.13 bits per heavy atom. The summed E-state index contributed by atoms with van der Waals surface area (Å²) in [5.41, 5.74) is 13.1. The van der Waals surface area contributed by atoms with Gasteiger partial charge in [0.2, 0.25) is 11.9 Å². The van der Waals surface area contributed by atoms with Crippen molar-refractivity contribution in [3.63, 3.8) is 0 Å². The van der Waals surface area contributed by atoms with Gasteiger partial charge in [-0.2, -0.15) is 4.98 Å². The lowest BCUT2D eigenvalue weighted by Crippen LogP contribution is -2.43. The molecule has 30 heavy (non-hydrogen) atoms. The lowest BCUT2D eigenvalue weighted by atomic mass is 9.90. The molecule has 1 heterocycles. The summed E-state index contributed by atoms with van der Waals surface area (Å²) in [4.78, 5) is 20.7. The Kier molecular flexibility index (Phi) is 8.25. The quantitative estimate of drug-likeness (QED) is 0.441. The van der Waals surface area contributed by atoms with Crippen LogP contribution in [0.25, 0.3) is 0 Å². The van der Waals surface area contributed by atoms with Crippen LogP contribution in [0.2, 0.25) is 0 Å². The number of amides is 1. The summed E-state index contributed by atoms with van der Waals surface area (Å²) in [5, 5.41) is 2.62. The highest BCUT2D eigenvalue weighted by molar-refractivity contribution is 14.1. The number of benzene rings is 1. The van der Waals surface area contributed by atoms with E-state index in [2.05, 4.69) is 51.7 Å². The number of nitrogen functional groups attached to an aromatic ring is 1. The van der Waals surface area contributed by atoms with Crippen LogP contribution in [0.5, 0.6) is 17.2 Å². The first-order valence-electron chi connectivity index (χ1n) is 9.79. The van der Waals surface area contributed by atoms with E-state index in [0.717, 1.165) is 14.9 Å².